The molecule has 0 aliphatic carbocycles. The van der Waals surface area contributed by atoms with Crippen LogP contribution in [0.25, 0.3) is 0 Å². The lowest BCUT2D eigenvalue weighted by molar-refractivity contribution is 0.525. The lowest BCUT2D eigenvalue weighted by Gasteiger charge is -2.10. The number of rotatable bonds is 1. The minimum absolute atomic E-state index is 0.205. The molecule has 0 heterocycles. The second kappa shape index (κ2) is 3.29. The molecule has 0 aromatic heterocycles. The minimum Gasteiger partial charge on any atom is -0.369 e. The molecule has 0 fully saturated rings. The van der Waals surface area contributed by atoms with Crippen LogP contribution in [-0.2, 0) is 0 Å². The molecule has 0 rings (SSSR count). The van der Waals surface area contributed by atoms with Gasteiger partial charge in [0.25, 0.3) is 0 Å². The highest BCUT2D eigenvalue weighted by Crippen LogP contribution is 1.84. The zero-order chi connectivity index (χ0) is 7.44. The zero-order valence-corrected chi connectivity index (χ0v) is 6.13. The minimum atomic E-state index is 0.205. The highest BCUT2D eigenvalue weighted by atomic mass is 15.4. The Kier molecular flexibility index (Phi) is 3.01. The maximum Gasteiger partial charge on any atom is 0.205 e. The second-order valence-electron chi connectivity index (χ2n) is 2.19. The van der Waals surface area contributed by atoms with Crippen LogP contribution in [0.2, 0.25) is 0 Å². The Labute approximate surface area is 55.5 Å². The molecule has 0 bridgehead atoms. The summed E-state index contributed by atoms with van der Waals surface area (Å²) in [6.07, 6.45) is 0. The fraction of sp³-hybridized carbons (Fsp3) is 0.800. The fourth-order valence-corrected chi connectivity index (χ4v) is 0.356. The summed E-state index contributed by atoms with van der Waals surface area (Å²) >= 11 is 0. The smallest absolute Gasteiger partial charge is 0.205 e. The standard InChI is InChI=1S/C5H14N4/c1-4(2)8-5(6)9(3)7/h4H,7H2,1-3H3,(H2,6,8). The third-order valence-electron chi connectivity index (χ3n) is 0.752. The summed E-state index contributed by atoms with van der Waals surface area (Å²) < 4.78 is 0. The molecule has 0 radical (unpaired) electrons. The number of nitrogens with zero attached hydrogens (tertiary/aromatic N) is 2. The Balaban J connectivity index is 3.84. The van der Waals surface area contributed by atoms with Gasteiger partial charge in [-0.15, -0.1) is 0 Å². The van der Waals surface area contributed by atoms with Crippen molar-refractivity contribution in [3.05, 3.63) is 0 Å². The first-order valence-electron chi connectivity index (χ1n) is 2.85. The van der Waals surface area contributed by atoms with Crippen molar-refractivity contribution < 1.29 is 0 Å². The van der Waals surface area contributed by atoms with Gasteiger partial charge >= 0.3 is 0 Å². The number of aliphatic imine (C=N–C) groups is 1. The molecule has 0 saturated carbocycles. The Hall–Kier alpha value is -0.770. The highest BCUT2D eigenvalue weighted by molar-refractivity contribution is 5.77. The molecule has 9 heavy (non-hydrogen) atoms. The topological polar surface area (TPSA) is 67.6 Å². The van der Waals surface area contributed by atoms with Gasteiger partial charge in [0.05, 0.1) is 0 Å². The number of hydrogen-bond acceptors (Lipinski definition) is 2. The second-order valence-corrected chi connectivity index (χ2v) is 2.19. The fourth-order valence-electron chi connectivity index (χ4n) is 0.356. The van der Waals surface area contributed by atoms with Gasteiger partial charge < -0.3 is 5.73 Å². The maximum atomic E-state index is 5.37. The van der Waals surface area contributed by atoms with Crippen molar-refractivity contribution in [3.63, 3.8) is 0 Å². The van der Waals surface area contributed by atoms with Crippen LogP contribution < -0.4 is 11.6 Å². The van der Waals surface area contributed by atoms with Crippen molar-refractivity contribution in [2.24, 2.45) is 16.6 Å². The average Bonchev–Trinajstić information content (AvgIpc) is 1.63. The summed E-state index contributed by atoms with van der Waals surface area (Å²) in [6.45, 7) is 3.88. The lowest BCUT2D eigenvalue weighted by atomic mass is 10.4. The summed E-state index contributed by atoms with van der Waals surface area (Å²) in [4.78, 5) is 3.97. The molecule has 4 heteroatoms. The van der Waals surface area contributed by atoms with E-state index in [0.717, 1.165) is 0 Å². The normalized spacial score (nSPS) is 12.3. The average molecular weight is 130 g/mol. The predicted octanol–water partition coefficient (Wildman–Crippen LogP) is -0.485. The van der Waals surface area contributed by atoms with E-state index in [-0.39, 0.29) is 6.04 Å². The first-order valence-corrected chi connectivity index (χ1v) is 2.85. The summed E-state index contributed by atoms with van der Waals surface area (Å²) in [7, 11) is 1.65. The van der Waals surface area contributed by atoms with Gasteiger partial charge in [-0.25, -0.2) is 10.8 Å². The van der Waals surface area contributed by atoms with Crippen LogP contribution in [0.15, 0.2) is 4.99 Å². The van der Waals surface area contributed by atoms with Gasteiger partial charge in [0.15, 0.2) is 0 Å². The summed E-state index contributed by atoms with van der Waals surface area (Å²) in [5, 5.41) is 1.29. The van der Waals surface area contributed by atoms with Gasteiger partial charge in [-0.1, -0.05) is 0 Å². The van der Waals surface area contributed by atoms with Gasteiger partial charge in [0.2, 0.25) is 5.96 Å². The van der Waals surface area contributed by atoms with Crippen molar-refractivity contribution in [1.82, 2.24) is 5.01 Å². The molecular formula is C5H14N4. The molecular weight excluding hydrogens is 116 g/mol. The van der Waals surface area contributed by atoms with E-state index in [9.17, 15) is 0 Å². The molecule has 0 aliphatic rings. The van der Waals surface area contributed by atoms with Gasteiger partial charge in [-0.05, 0) is 13.8 Å². The zero-order valence-electron chi connectivity index (χ0n) is 6.13. The molecule has 0 aromatic rings. The van der Waals surface area contributed by atoms with E-state index in [1.54, 1.807) is 7.05 Å². The SMILES string of the molecule is CC(C)N=C(N)N(C)N. The van der Waals surface area contributed by atoms with E-state index >= 15 is 0 Å². The molecule has 0 aliphatic heterocycles. The molecule has 0 atom stereocenters. The van der Waals surface area contributed by atoms with Crippen LogP contribution in [0.1, 0.15) is 13.8 Å². The van der Waals surface area contributed by atoms with Crippen LogP contribution in [0.5, 0.6) is 0 Å². The lowest BCUT2D eigenvalue weighted by Crippen LogP contribution is -2.39. The Morgan fingerprint density at radius 2 is 2.00 bits per heavy atom. The van der Waals surface area contributed by atoms with Crippen molar-refractivity contribution >= 4 is 5.96 Å². The summed E-state index contributed by atoms with van der Waals surface area (Å²) in [6, 6.07) is 0.205. The Bertz CT molecular complexity index is 106. The van der Waals surface area contributed by atoms with Crippen LogP contribution in [-0.4, -0.2) is 24.1 Å². The van der Waals surface area contributed by atoms with E-state index in [0.29, 0.717) is 5.96 Å². The largest absolute Gasteiger partial charge is 0.369 e. The molecule has 0 aromatic carbocycles. The molecule has 4 N–H and O–H groups in total. The molecule has 54 valence electrons. The molecule has 0 unspecified atom stereocenters. The molecule has 0 amide bonds. The number of hydrogen-bond donors (Lipinski definition) is 2. The van der Waals surface area contributed by atoms with E-state index in [1.165, 1.54) is 5.01 Å². The Morgan fingerprint density at radius 1 is 1.56 bits per heavy atom. The first kappa shape index (κ1) is 8.23. The van der Waals surface area contributed by atoms with Crippen molar-refractivity contribution in [1.29, 1.82) is 0 Å². The molecule has 4 nitrogen and oxygen atoms in total. The van der Waals surface area contributed by atoms with Gasteiger partial charge in [-0.2, -0.15) is 0 Å². The van der Waals surface area contributed by atoms with Crippen LogP contribution in [0.4, 0.5) is 0 Å². The van der Waals surface area contributed by atoms with Crippen molar-refractivity contribution in [2.45, 2.75) is 19.9 Å². The number of hydrazine groups is 1. The van der Waals surface area contributed by atoms with Gasteiger partial charge in [0.1, 0.15) is 0 Å². The molecule has 0 spiro atoms. The van der Waals surface area contributed by atoms with Crippen LogP contribution in [0.3, 0.4) is 0 Å². The quantitative estimate of drug-likeness (QED) is 0.218. The number of nitrogens with two attached hydrogens (primary N) is 2. The third-order valence-corrected chi connectivity index (χ3v) is 0.752. The first-order chi connectivity index (χ1) is 4.04. The van der Waals surface area contributed by atoms with Gasteiger partial charge in [-0.3, -0.25) is 5.01 Å². The van der Waals surface area contributed by atoms with Crippen molar-refractivity contribution in [3.8, 4) is 0 Å². The highest BCUT2D eigenvalue weighted by Gasteiger charge is 1.94. The van der Waals surface area contributed by atoms with E-state index in [1.807, 2.05) is 13.8 Å². The molecule has 0 saturated heterocycles. The Morgan fingerprint density at radius 3 is 2.11 bits per heavy atom. The van der Waals surface area contributed by atoms with Crippen molar-refractivity contribution in [2.75, 3.05) is 7.05 Å². The maximum absolute atomic E-state index is 5.37. The van der Waals surface area contributed by atoms with Gasteiger partial charge in [0, 0.05) is 13.1 Å². The van der Waals surface area contributed by atoms with E-state index in [2.05, 4.69) is 4.99 Å². The van der Waals surface area contributed by atoms with E-state index < -0.39 is 0 Å². The van der Waals surface area contributed by atoms with Crippen LogP contribution >= 0.6 is 0 Å². The third kappa shape index (κ3) is 3.78. The van der Waals surface area contributed by atoms with Crippen LogP contribution in [0, 0.1) is 0 Å². The predicted molar refractivity (Wildman–Crippen MR) is 38.7 cm³/mol. The monoisotopic (exact) mass is 130 g/mol. The summed E-state index contributed by atoms with van der Waals surface area (Å²) in [5.74, 6) is 5.63. The summed E-state index contributed by atoms with van der Waals surface area (Å²) in [5.41, 5.74) is 5.37. The van der Waals surface area contributed by atoms with E-state index in [4.69, 9.17) is 11.6 Å². The number of guanidine groups is 1.